The number of ether oxygens (including phenoxy) is 1. The predicted molar refractivity (Wildman–Crippen MR) is 48.5 cm³/mol. The summed E-state index contributed by atoms with van der Waals surface area (Å²) in [5.74, 6) is 0.660. The van der Waals surface area contributed by atoms with Gasteiger partial charge in [0.05, 0.1) is 0 Å². The van der Waals surface area contributed by atoms with Crippen LogP contribution in [0, 0.1) is 0 Å². The zero-order chi connectivity index (χ0) is 8.81. The van der Waals surface area contributed by atoms with Crippen molar-refractivity contribution in [2.75, 3.05) is 0 Å². The molecule has 0 N–H and O–H groups in total. The predicted octanol–water partition coefficient (Wildman–Crippen LogP) is 2.67. The standard InChI is InChI=1S/C9H8O.ClH.Re/c1-8(10-2)9-6-4-3-5-7-9;;/h2-7H,1H2;1H;/q;;+1/p-1. The Morgan fingerprint density at radius 3 is 2.67 bits per heavy atom. The van der Waals surface area contributed by atoms with Crippen molar-refractivity contribution >= 4 is 20.0 Å². The van der Waals surface area contributed by atoms with E-state index in [-0.39, 0.29) is 0 Å². The average Bonchev–Trinajstić information content (AvgIpc) is 2.15. The molecule has 0 fully saturated rings. The zero-order valence-electron chi connectivity index (χ0n) is 6.34. The molecular weight excluding hydrogens is 346 g/mol. The first-order valence-electron chi connectivity index (χ1n) is 3.32. The van der Waals surface area contributed by atoms with Crippen molar-refractivity contribution < 1.29 is 21.2 Å². The monoisotopic (exact) mass is 354 g/mol. The third-order valence-corrected chi connectivity index (χ3v) is 2.43. The van der Waals surface area contributed by atoms with Crippen LogP contribution < -0.4 is 0 Å². The minimum absolute atomic E-state index is 0.660. The summed E-state index contributed by atoms with van der Waals surface area (Å²) in [5, 5.41) is 0. The van der Waals surface area contributed by atoms with E-state index in [1.165, 1.54) is 0 Å². The molecule has 0 aromatic heterocycles. The molecule has 0 saturated carbocycles. The van der Waals surface area contributed by atoms with Crippen LogP contribution in [0.3, 0.4) is 0 Å². The van der Waals surface area contributed by atoms with Gasteiger partial charge in [0, 0.05) is 0 Å². The van der Waals surface area contributed by atoms with Crippen molar-refractivity contribution in [3.63, 3.8) is 0 Å². The van der Waals surface area contributed by atoms with Crippen LogP contribution in [0.2, 0.25) is 0 Å². The maximum absolute atomic E-state index is 5.56. The van der Waals surface area contributed by atoms with Gasteiger partial charge in [-0.3, -0.25) is 0 Å². The quantitative estimate of drug-likeness (QED) is 0.759. The molecule has 0 aliphatic carbocycles. The Hall–Kier alpha value is -0.418. The summed E-state index contributed by atoms with van der Waals surface area (Å²) in [4.78, 5) is 0. The first-order chi connectivity index (χ1) is 5.84. The molecule has 1 aromatic carbocycles. The van der Waals surface area contributed by atoms with E-state index in [1.54, 1.807) is 4.67 Å². The summed E-state index contributed by atoms with van der Waals surface area (Å²) in [5.41, 5.74) is 0.996. The van der Waals surface area contributed by atoms with Gasteiger partial charge in [-0.15, -0.1) is 0 Å². The third-order valence-electron chi connectivity index (χ3n) is 1.32. The summed E-state index contributed by atoms with van der Waals surface area (Å²) >= 11 is -0.773. The van der Waals surface area contributed by atoms with Crippen molar-refractivity contribution in [3.05, 3.63) is 42.5 Å². The summed E-state index contributed by atoms with van der Waals surface area (Å²) in [6.45, 7) is 3.77. The summed E-state index contributed by atoms with van der Waals surface area (Å²) in [6.07, 6.45) is 0. The molecule has 0 unspecified atom stereocenters. The molecule has 1 aromatic rings. The summed E-state index contributed by atoms with van der Waals surface area (Å²) < 4.78 is 6.86. The molecular formula is C9H8ClORe. The van der Waals surface area contributed by atoms with Gasteiger partial charge in [0.15, 0.2) is 0 Å². The van der Waals surface area contributed by atoms with Crippen LogP contribution >= 0.6 is 9.53 Å². The van der Waals surface area contributed by atoms with Crippen LogP contribution in [0.4, 0.5) is 0 Å². The van der Waals surface area contributed by atoms with Gasteiger partial charge in [-0.25, -0.2) is 0 Å². The number of halogens is 1. The number of hydrogen-bond acceptors (Lipinski definition) is 1. The van der Waals surface area contributed by atoms with Gasteiger partial charge >= 0.3 is 83.7 Å². The molecule has 0 saturated heterocycles. The van der Waals surface area contributed by atoms with Crippen LogP contribution in [0.15, 0.2) is 36.9 Å². The van der Waals surface area contributed by atoms with Crippen LogP contribution in [0.25, 0.3) is 5.76 Å². The molecule has 0 heterocycles. The zero-order valence-corrected chi connectivity index (χ0v) is 9.81. The van der Waals surface area contributed by atoms with Gasteiger partial charge < -0.3 is 0 Å². The van der Waals surface area contributed by atoms with Crippen LogP contribution in [0.1, 0.15) is 5.56 Å². The van der Waals surface area contributed by atoms with Gasteiger partial charge in [0.2, 0.25) is 0 Å². The Labute approximate surface area is 83.6 Å². The van der Waals surface area contributed by atoms with Crippen molar-refractivity contribution in [2.24, 2.45) is 0 Å². The molecule has 0 amide bonds. The topological polar surface area (TPSA) is 9.23 Å². The molecule has 12 heavy (non-hydrogen) atoms. The van der Waals surface area contributed by atoms with Gasteiger partial charge in [0.25, 0.3) is 0 Å². The Balaban J connectivity index is 2.66. The van der Waals surface area contributed by atoms with E-state index >= 15 is 0 Å². The van der Waals surface area contributed by atoms with Crippen LogP contribution in [-0.2, 0) is 21.2 Å². The van der Waals surface area contributed by atoms with Gasteiger partial charge in [0.1, 0.15) is 0 Å². The fourth-order valence-corrected chi connectivity index (χ4v) is 1.55. The fraction of sp³-hybridized carbons (Fsp3) is 0. The third kappa shape index (κ3) is 2.91. The van der Waals surface area contributed by atoms with E-state index in [1.807, 2.05) is 30.3 Å². The molecule has 0 atom stereocenters. The van der Waals surface area contributed by atoms with Gasteiger partial charge in [-0.1, -0.05) is 0 Å². The van der Waals surface area contributed by atoms with Gasteiger partial charge in [-0.2, -0.15) is 0 Å². The van der Waals surface area contributed by atoms with E-state index in [4.69, 9.17) is 14.3 Å². The first-order valence-corrected chi connectivity index (χ1v) is 8.25. The Kier molecular flexibility index (Phi) is 4.24. The number of hydrogen-bond donors (Lipinski definition) is 0. The summed E-state index contributed by atoms with van der Waals surface area (Å²) in [6, 6.07) is 9.75. The SMILES string of the molecule is C=C(O[CH]=[Re][Cl])c1ccccc1. The molecule has 3 heteroatoms. The van der Waals surface area contributed by atoms with E-state index in [2.05, 4.69) is 6.58 Å². The molecule has 0 aliphatic rings. The second kappa shape index (κ2) is 5.27. The van der Waals surface area contributed by atoms with Crippen LogP contribution in [0.5, 0.6) is 0 Å². The number of rotatable bonds is 3. The van der Waals surface area contributed by atoms with E-state index in [9.17, 15) is 0 Å². The molecule has 1 rings (SSSR count). The van der Waals surface area contributed by atoms with Crippen LogP contribution in [-0.4, -0.2) is 4.67 Å². The molecule has 64 valence electrons. The second-order valence-electron chi connectivity index (χ2n) is 2.08. The van der Waals surface area contributed by atoms with Crippen molar-refractivity contribution in [1.29, 1.82) is 0 Å². The van der Waals surface area contributed by atoms with Crippen molar-refractivity contribution in [3.8, 4) is 0 Å². The molecule has 0 aliphatic heterocycles. The number of benzene rings is 1. The van der Waals surface area contributed by atoms with Gasteiger partial charge in [-0.05, 0) is 0 Å². The first kappa shape index (κ1) is 9.67. The van der Waals surface area contributed by atoms with Crippen molar-refractivity contribution in [2.45, 2.75) is 0 Å². The molecule has 0 bridgehead atoms. The molecule has 0 spiro atoms. The molecule has 1 nitrogen and oxygen atoms in total. The molecule has 0 radical (unpaired) electrons. The summed E-state index contributed by atoms with van der Waals surface area (Å²) in [7, 11) is 5.56. The van der Waals surface area contributed by atoms with Crippen molar-refractivity contribution in [1.82, 2.24) is 0 Å². The van der Waals surface area contributed by atoms with E-state index < -0.39 is 16.5 Å². The van der Waals surface area contributed by atoms with E-state index in [0.717, 1.165) is 5.56 Å². The fourth-order valence-electron chi connectivity index (χ4n) is 0.763. The van der Waals surface area contributed by atoms with E-state index in [0.29, 0.717) is 5.76 Å². The maximum atomic E-state index is 5.56. The Morgan fingerprint density at radius 1 is 1.42 bits per heavy atom. The Morgan fingerprint density at radius 2 is 2.08 bits per heavy atom. The average molecular weight is 354 g/mol. The minimum atomic E-state index is -0.773. The Bertz CT molecular complexity index is 282. The normalized spacial score (nSPS) is 10.8. The second-order valence-corrected chi connectivity index (χ2v) is 4.66.